The molecule has 0 atom stereocenters. The van der Waals surface area contributed by atoms with Gasteiger partial charge >= 0.3 is 0 Å². The van der Waals surface area contributed by atoms with Crippen molar-refractivity contribution in [2.24, 2.45) is 0 Å². The maximum atomic E-state index is 12.3. The fourth-order valence-corrected chi connectivity index (χ4v) is 2.66. The minimum Gasteiger partial charge on any atom is -0.493 e. The SMILES string of the molecule is CNC(=O)c1ccc(Cl)c(NCC(=O)Nc2cc(OC)c(OC)c(OC)c2)c1. The molecule has 0 saturated carbocycles. The zero-order chi connectivity index (χ0) is 20.7. The number of benzene rings is 2. The van der Waals surface area contributed by atoms with Crippen molar-refractivity contribution in [3.63, 3.8) is 0 Å². The summed E-state index contributed by atoms with van der Waals surface area (Å²) in [5.41, 5.74) is 1.38. The molecule has 0 saturated heterocycles. The van der Waals surface area contributed by atoms with E-state index in [1.165, 1.54) is 28.4 Å². The Kier molecular flexibility index (Phi) is 7.34. The van der Waals surface area contributed by atoms with Gasteiger partial charge < -0.3 is 30.2 Å². The molecule has 0 bridgehead atoms. The van der Waals surface area contributed by atoms with Crippen LogP contribution in [0.15, 0.2) is 30.3 Å². The summed E-state index contributed by atoms with van der Waals surface area (Å²) in [5, 5.41) is 8.59. The van der Waals surface area contributed by atoms with Crippen molar-refractivity contribution in [1.29, 1.82) is 0 Å². The van der Waals surface area contributed by atoms with Gasteiger partial charge in [-0.05, 0) is 18.2 Å². The highest BCUT2D eigenvalue weighted by Gasteiger charge is 2.15. The molecule has 2 amide bonds. The monoisotopic (exact) mass is 407 g/mol. The number of rotatable bonds is 8. The number of ether oxygens (including phenoxy) is 3. The van der Waals surface area contributed by atoms with Gasteiger partial charge in [0.15, 0.2) is 11.5 Å². The molecule has 9 heteroatoms. The van der Waals surface area contributed by atoms with Crippen LogP contribution >= 0.6 is 11.6 Å². The lowest BCUT2D eigenvalue weighted by atomic mass is 10.2. The molecule has 0 unspecified atom stereocenters. The molecule has 8 nitrogen and oxygen atoms in total. The van der Waals surface area contributed by atoms with Gasteiger partial charge in [0, 0.05) is 30.4 Å². The van der Waals surface area contributed by atoms with Crippen molar-refractivity contribution < 1.29 is 23.8 Å². The Hall–Kier alpha value is -3.13. The third kappa shape index (κ3) is 4.98. The Bertz CT molecular complexity index is 848. The number of hydrogen-bond donors (Lipinski definition) is 3. The van der Waals surface area contributed by atoms with Crippen LogP contribution in [0.1, 0.15) is 10.4 Å². The van der Waals surface area contributed by atoms with Gasteiger partial charge in [-0.1, -0.05) is 11.6 Å². The summed E-state index contributed by atoms with van der Waals surface area (Å²) >= 11 is 6.13. The van der Waals surface area contributed by atoms with Crippen molar-refractivity contribution in [3.8, 4) is 17.2 Å². The van der Waals surface area contributed by atoms with Crippen molar-refractivity contribution in [2.75, 3.05) is 45.6 Å². The molecule has 0 fully saturated rings. The smallest absolute Gasteiger partial charge is 0.251 e. The summed E-state index contributed by atoms with van der Waals surface area (Å²) in [6, 6.07) is 8.01. The van der Waals surface area contributed by atoms with E-state index in [0.717, 1.165) is 0 Å². The van der Waals surface area contributed by atoms with Crippen LogP contribution in [0.25, 0.3) is 0 Å². The van der Waals surface area contributed by atoms with Crippen LogP contribution in [0.5, 0.6) is 17.2 Å². The van der Waals surface area contributed by atoms with E-state index in [0.29, 0.717) is 39.2 Å². The van der Waals surface area contributed by atoms with Gasteiger partial charge in [-0.3, -0.25) is 9.59 Å². The fourth-order valence-electron chi connectivity index (χ4n) is 2.48. The molecule has 2 rings (SSSR count). The summed E-state index contributed by atoms with van der Waals surface area (Å²) in [6.45, 7) is -0.0619. The predicted octanol–water partition coefficient (Wildman–Crippen LogP) is 2.78. The van der Waals surface area contributed by atoms with Crippen LogP contribution in [0.4, 0.5) is 11.4 Å². The highest BCUT2D eigenvalue weighted by molar-refractivity contribution is 6.33. The number of methoxy groups -OCH3 is 3. The highest BCUT2D eigenvalue weighted by Crippen LogP contribution is 2.39. The maximum absolute atomic E-state index is 12.3. The van der Waals surface area contributed by atoms with Crippen molar-refractivity contribution >= 4 is 34.8 Å². The van der Waals surface area contributed by atoms with Gasteiger partial charge in [0.05, 0.1) is 38.6 Å². The fraction of sp³-hybridized carbons (Fsp3) is 0.263. The van der Waals surface area contributed by atoms with Crippen LogP contribution in [-0.2, 0) is 4.79 Å². The molecular formula is C19H22ClN3O5. The van der Waals surface area contributed by atoms with Gasteiger partial charge in [0.2, 0.25) is 11.7 Å². The van der Waals surface area contributed by atoms with Gasteiger partial charge in [0.1, 0.15) is 0 Å². The van der Waals surface area contributed by atoms with E-state index in [2.05, 4.69) is 16.0 Å². The van der Waals surface area contributed by atoms with E-state index >= 15 is 0 Å². The van der Waals surface area contributed by atoms with E-state index in [4.69, 9.17) is 25.8 Å². The molecule has 0 radical (unpaired) electrons. The van der Waals surface area contributed by atoms with E-state index in [1.54, 1.807) is 30.3 Å². The molecule has 28 heavy (non-hydrogen) atoms. The molecule has 0 spiro atoms. The Morgan fingerprint density at radius 2 is 1.64 bits per heavy atom. The number of carbonyl (C=O) groups is 2. The number of amides is 2. The van der Waals surface area contributed by atoms with Crippen LogP contribution < -0.4 is 30.2 Å². The lowest BCUT2D eigenvalue weighted by Gasteiger charge is -2.15. The average molecular weight is 408 g/mol. The first-order valence-electron chi connectivity index (χ1n) is 8.28. The zero-order valence-electron chi connectivity index (χ0n) is 16.0. The minimum absolute atomic E-state index is 0.0619. The normalized spacial score (nSPS) is 10.0. The van der Waals surface area contributed by atoms with Crippen LogP contribution in [0, 0.1) is 0 Å². The molecule has 0 aliphatic rings. The first-order chi connectivity index (χ1) is 13.4. The third-order valence-electron chi connectivity index (χ3n) is 3.84. The largest absolute Gasteiger partial charge is 0.493 e. The molecule has 0 aliphatic heterocycles. The van der Waals surface area contributed by atoms with E-state index in [1.807, 2.05) is 0 Å². The van der Waals surface area contributed by atoms with E-state index < -0.39 is 0 Å². The molecule has 0 aliphatic carbocycles. The molecule has 3 N–H and O–H groups in total. The molecule has 0 aromatic heterocycles. The quantitative estimate of drug-likeness (QED) is 0.622. The maximum Gasteiger partial charge on any atom is 0.251 e. The van der Waals surface area contributed by atoms with Crippen LogP contribution in [0.2, 0.25) is 5.02 Å². The lowest BCUT2D eigenvalue weighted by Crippen LogP contribution is -2.22. The van der Waals surface area contributed by atoms with Crippen molar-refractivity contribution in [2.45, 2.75) is 0 Å². The summed E-state index contributed by atoms with van der Waals surface area (Å²) in [5.74, 6) is 0.703. The number of carbonyl (C=O) groups excluding carboxylic acids is 2. The second-order valence-electron chi connectivity index (χ2n) is 5.59. The number of nitrogens with one attached hydrogen (secondary N) is 3. The second kappa shape index (κ2) is 9.70. The summed E-state index contributed by atoms with van der Waals surface area (Å²) < 4.78 is 15.8. The lowest BCUT2D eigenvalue weighted by molar-refractivity contribution is -0.114. The van der Waals surface area contributed by atoms with Gasteiger partial charge in [-0.2, -0.15) is 0 Å². The first kappa shape index (κ1) is 21.2. The average Bonchev–Trinajstić information content (AvgIpc) is 2.71. The van der Waals surface area contributed by atoms with Gasteiger partial charge in [-0.15, -0.1) is 0 Å². The zero-order valence-corrected chi connectivity index (χ0v) is 16.8. The van der Waals surface area contributed by atoms with Crippen molar-refractivity contribution in [3.05, 3.63) is 40.9 Å². The molecular weight excluding hydrogens is 386 g/mol. The summed E-state index contributed by atoms with van der Waals surface area (Å²) in [7, 11) is 6.02. The Labute approximate surface area is 168 Å². The second-order valence-corrected chi connectivity index (χ2v) is 6.00. The van der Waals surface area contributed by atoms with Gasteiger partial charge in [-0.25, -0.2) is 0 Å². The number of anilines is 2. The summed E-state index contributed by atoms with van der Waals surface area (Å²) in [6.07, 6.45) is 0. The minimum atomic E-state index is -0.323. The number of halogens is 1. The van der Waals surface area contributed by atoms with Crippen LogP contribution in [-0.4, -0.2) is 46.7 Å². The molecule has 0 heterocycles. The van der Waals surface area contributed by atoms with Gasteiger partial charge in [0.25, 0.3) is 5.91 Å². The molecule has 2 aromatic carbocycles. The Morgan fingerprint density at radius 3 is 2.18 bits per heavy atom. The summed E-state index contributed by atoms with van der Waals surface area (Å²) in [4.78, 5) is 24.1. The van der Waals surface area contributed by atoms with E-state index in [9.17, 15) is 9.59 Å². The molecule has 2 aromatic rings. The third-order valence-corrected chi connectivity index (χ3v) is 4.17. The van der Waals surface area contributed by atoms with Crippen molar-refractivity contribution in [1.82, 2.24) is 5.32 Å². The Balaban J connectivity index is 2.10. The predicted molar refractivity (Wildman–Crippen MR) is 108 cm³/mol. The Morgan fingerprint density at radius 1 is 1.00 bits per heavy atom. The van der Waals surface area contributed by atoms with Crippen LogP contribution in [0.3, 0.4) is 0 Å². The van der Waals surface area contributed by atoms with E-state index in [-0.39, 0.29) is 18.4 Å². The topological polar surface area (TPSA) is 97.9 Å². The highest BCUT2D eigenvalue weighted by atomic mass is 35.5. The standard InChI is InChI=1S/C19H22ClN3O5/c1-21-19(25)11-5-6-13(20)14(7-11)22-10-17(24)23-12-8-15(26-2)18(28-4)16(9-12)27-3/h5-9,22H,10H2,1-4H3,(H,21,25)(H,23,24). The first-order valence-corrected chi connectivity index (χ1v) is 8.66. The number of hydrogen-bond acceptors (Lipinski definition) is 6. The molecule has 150 valence electrons.